The third-order valence-corrected chi connectivity index (χ3v) is 4.21. The summed E-state index contributed by atoms with van der Waals surface area (Å²) in [5, 5.41) is 22.0. The zero-order valence-corrected chi connectivity index (χ0v) is 13.5. The van der Waals surface area contributed by atoms with Crippen molar-refractivity contribution >= 4 is 29.0 Å². The molecule has 3 N–H and O–H groups in total. The van der Waals surface area contributed by atoms with Crippen molar-refractivity contribution in [2.75, 3.05) is 11.9 Å². The molecule has 0 saturated carbocycles. The predicted octanol–water partition coefficient (Wildman–Crippen LogP) is 0.181. The van der Waals surface area contributed by atoms with Crippen LogP contribution in [0.25, 0.3) is 11.0 Å². The van der Waals surface area contributed by atoms with Crippen molar-refractivity contribution in [3.05, 3.63) is 18.1 Å². The van der Waals surface area contributed by atoms with E-state index in [1.807, 2.05) is 0 Å². The SMILES string of the molecule is CC(=O)Nc1ncnc2c1c(C=O)cn2[C@@H]1O[C@H](CO)[C@@H](O)[C@@]1(C)F. The minimum Gasteiger partial charge on any atom is -0.394 e. The normalized spacial score (nSPS) is 29.1. The highest BCUT2D eigenvalue weighted by molar-refractivity contribution is 6.05. The Balaban J connectivity index is 2.18. The van der Waals surface area contributed by atoms with Gasteiger partial charge in [-0.05, 0) is 6.92 Å². The Labute approximate surface area is 141 Å². The maximum atomic E-state index is 15.0. The van der Waals surface area contributed by atoms with Crippen LogP contribution >= 0.6 is 0 Å². The number of anilines is 1. The number of alkyl halides is 1. The molecular weight excluding hydrogens is 335 g/mol. The first-order valence-electron chi connectivity index (χ1n) is 7.52. The number of aromatic nitrogens is 3. The number of ether oxygens (including phenoxy) is 1. The molecule has 0 aromatic carbocycles. The number of carbonyl (C=O) groups excluding carboxylic acids is 2. The van der Waals surface area contributed by atoms with E-state index in [9.17, 15) is 19.8 Å². The average molecular weight is 352 g/mol. The van der Waals surface area contributed by atoms with Crippen molar-refractivity contribution in [2.24, 2.45) is 0 Å². The molecule has 2 aromatic heterocycles. The van der Waals surface area contributed by atoms with Crippen LogP contribution in [0.3, 0.4) is 0 Å². The molecule has 10 heteroatoms. The zero-order valence-electron chi connectivity index (χ0n) is 13.5. The van der Waals surface area contributed by atoms with Gasteiger partial charge in [-0.3, -0.25) is 9.59 Å². The number of rotatable bonds is 4. The van der Waals surface area contributed by atoms with E-state index in [1.54, 1.807) is 0 Å². The lowest BCUT2D eigenvalue weighted by molar-refractivity contribution is -0.114. The van der Waals surface area contributed by atoms with Crippen LogP contribution in [0.1, 0.15) is 30.4 Å². The number of amides is 1. The molecule has 134 valence electrons. The molecule has 1 aliphatic heterocycles. The molecule has 1 saturated heterocycles. The van der Waals surface area contributed by atoms with Crippen LogP contribution < -0.4 is 5.32 Å². The lowest BCUT2D eigenvalue weighted by Crippen LogP contribution is -2.40. The summed E-state index contributed by atoms with van der Waals surface area (Å²) in [5.41, 5.74) is -1.96. The van der Waals surface area contributed by atoms with E-state index in [-0.39, 0.29) is 22.4 Å². The summed E-state index contributed by atoms with van der Waals surface area (Å²) in [6.07, 6.45) is -1.01. The van der Waals surface area contributed by atoms with Crippen molar-refractivity contribution < 1.29 is 28.9 Å². The molecule has 1 amide bonds. The Morgan fingerprint density at radius 1 is 1.56 bits per heavy atom. The average Bonchev–Trinajstić information content (AvgIpc) is 3.04. The lowest BCUT2D eigenvalue weighted by atomic mass is 9.98. The molecule has 4 atom stereocenters. The van der Waals surface area contributed by atoms with Gasteiger partial charge in [0.25, 0.3) is 0 Å². The van der Waals surface area contributed by atoms with Crippen molar-refractivity contribution in [3.8, 4) is 0 Å². The molecule has 25 heavy (non-hydrogen) atoms. The maximum Gasteiger partial charge on any atom is 0.222 e. The third kappa shape index (κ3) is 2.68. The molecule has 3 heterocycles. The monoisotopic (exact) mass is 352 g/mol. The van der Waals surface area contributed by atoms with Crippen molar-refractivity contribution in [1.29, 1.82) is 0 Å². The summed E-state index contributed by atoms with van der Waals surface area (Å²) >= 11 is 0. The Kier molecular flexibility index (Phi) is 4.27. The number of fused-ring (bicyclic) bond motifs is 1. The molecule has 0 spiro atoms. The van der Waals surface area contributed by atoms with Gasteiger partial charge in [0, 0.05) is 18.7 Å². The third-order valence-electron chi connectivity index (χ3n) is 4.21. The van der Waals surface area contributed by atoms with Crippen LogP contribution in [0.5, 0.6) is 0 Å². The Morgan fingerprint density at radius 3 is 2.84 bits per heavy atom. The largest absolute Gasteiger partial charge is 0.394 e. The van der Waals surface area contributed by atoms with Gasteiger partial charge in [0.05, 0.1) is 12.0 Å². The molecule has 9 nitrogen and oxygen atoms in total. The summed E-state index contributed by atoms with van der Waals surface area (Å²) in [6, 6.07) is 0. The van der Waals surface area contributed by atoms with Crippen LogP contribution in [-0.4, -0.2) is 61.4 Å². The molecule has 0 unspecified atom stereocenters. The second-order valence-electron chi connectivity index (χ2n) is 6.02. The minimum absolute atomic E-state index is 0.108. The first-order valence-corrected chi connectivity index (χ1v) is 7.52. The van der Waals surface area contributed by atoms with E-state index in [2.05, 4.69) is 15.3 Å². The first-order chi connectivity index (χ1) is 11.8. The lowest BCUT2D eigenvalue weighted by Gasteiger charge is -2.25. The number of nitrogens with zero attached hydrogens (tertiary/aromatic N) is 3. The van der Waals surface area contributed by atoms with E-state index in [0.717, 1.165) is 13.3 Å². The number of aliphatic hydroxyl groups excluding tert-OH is 2. The van der Waals surface area contributed by atoms with Gasteiger partial charge in [-0.25, -0.2) is 14.4 Å². The molecule has 1 fully saturated rings. The van der Waals surface area contributed by atoms with Gasteiger partial charge < -0.3 is 24.8 Å². The fourth-order valence-corrected chi connectivity index (χ4v) is 3.01. The van der Waals surface area contributed by atoms with Crippen LogP contribution in [0, 0.1) is 0 Å². The molecule has 0 radical (unpaired) electrons. The highest BCUT2D eigenvalue weighted by atomic mass is 19.1. The summed E-state index contributed by atoms with van der Waals surface area (Å²) in [4.78, 5) is 30.8. The smallest absolute Gasteiger partial charge is 0.222 e. The minimum atomic E-state index is -2.24. The van der Waals surface area contributed by atoms with Crippen LogP contribution in [0.15, 0.2) is 12.5 Å². The van der Waals surface area contributed by atoms with Crippen molar-refractivity contribution in [3.63, 3.8) is 0 Å². The number of aldehydes is 1. The quantitative estimate of drug-likeness (QED) is 0.670. The topological polar surface area (TPSA) is 127 Å². The van der Waals surface area contributed by atoms with E-state index < -0.39 is 36.6 Å². The number of carbonyl (C=O) groups is 2. The molecule has 2 aromatic rings. The van der Waals surface area contributed by atoms with E-state index in [0.29, 0.717) is 6.29 Å². The summed E-state index contributed by atoms with van der Waals surface area (Å²) in [6.45, 7) is 1.86. The fraction of sp³-hybridized carbons (Fsp3) is 0.467. The van der Waals surface area contributed by atoms with Crippen LogP contribution in [-0.2, 0) is 9.53 Å². The Morgan fingerprint density at radius 2 is 2.28 bits per heavy atom. The predicted molar refractivity (Wildman–Crippen MR) is 83.7 cm³/mol. The Hall–Kier alpha value is -2.43. The van der Waals surface area contributed by atoms with E-state index in [1.165, 1.54) is 17.7 Å². The molecule has 0 aliphatic carbocycles. The van der Waals surface area contributed by atoms with Gasteiger partial charge in [0.15, 0.2) is 18.2 Å². The second-order valence-corrected chi connectivity index (χ2v) is 6.02. The number of nitrogens with one attached hydrogen (secondary N) is 1. The van der Waals surface area contributed by atoms with Gasteiger partial charge in [-0.15, -0.1) is 0 Å². The summed E-state index contributed by atoms with van der Waals surface area (Å²) < 4.78 is 21.7. The number of aliphatic hydroxyl groups is 2. The molecule has 1 aliphatic rings. The van der Waals surface area contributed by atoms with Crippen LogP contribution in [0.4, 0.5) is 10.2 Å². The van der Waals surface area contributed by atoms with Crippen LogP contribution in [0.2, 0.25) is 0 Å². The van der Waals surface area contributed by atoms with Crippen molar-refractivity contribution in [1.82, 2.24) is 14.5 Å². The second kappa shape index (κ2) is 6.14. The Bertz CT molecular complexity index is 837. The molecular formula is C15H17FN4O5. The van der Waals surface area contributed by atoms with Crippen molar-refractivity contribution in [2.45, 2.75) is 38.0 Å². The fourth-order valence-electron chi connectivity index (χ4n) is 3.01. The van der Waals surface area contributed by atoms with Gasteiger partial charge in [-0.1, -0.05) is 0 Å². The zero-order chi connectivity index (χ0) is 18.4. The van der Waals surface area contributed by atoms with Gasteiger partial charge in [0.2, 0.25) is 5.91 Å². The number of hydrogen-bond donors (Lipinski definition) is 3. The molecule has 0 bridgehead atoms. The highest BCUT2D eigenvalue weighted by Crippen LogP contribution is 2.43. The summed E-state index contributed by atoms with van der Waals surface area (Å²) in [5.74, 6) is -0.288. The molecule has 3 rings (SSSR count). The van der Waals surface area contributed by atoms with E-state index >= 15 is 4.39 Å². The standard InChI is InChI=1S/C15H17FN4O5/c1-7(23)19-12-10-8(4-21)3-20(13(10)18-6-17-12)14-15(2,16)11(24)9(5-22)25-14/h3-4,6,9,11,14,22,24H,5H2,1-2H3,(H,17,18,19,23)/t9-,11-,14-,15-/m1/s1. The van der Waals surface area contributed by atoms with E-state index in [4.69, 9.17) is 4.74 Å². The summed E-state index contributed by atoms with van der Waals surface area (Å²) in [7, 11) is 0. The maximum absolute atomic E-state index is 15.0. The number of hydrogen-bond acceptors (Lipinski definition) is 7. The van der Waals surface area contributed by atoms with Gasteiger partial charge >= 0.3 is 0 Å². The first kappa shape index (κ1) is 17.4. The highest BCUT2D eigenvalue weighted by Gasteiger charge is 2.55. The van der Waals surface area contributed by atoms with Gasteiger partial charge in [-0.2, -0.15) is 0 Å². The van der Waals surface area contributed by atoms with Gasteiger partial charge in [0.1, 0.15) is 30.0 Å². The number of halogens is 1.